The quantitative estimate of drug-likeness (QED) is 0.741. The summed E-state index contributed by atoms with van der Waals surface area (Å²) < 4.78 is 0. The molecule has 0 aromatic heterocycles. The summed E-state index contributed by atoms with van der Waals surface area (Å²) in [7, 11) is 0. The summed E-state index contributed by atoms with van der Waals surface area (Å²) in [5.41, 5.74) is 1.37. The first-order valence-corrected chi connectivity index (χ1v) is 8.11. The topological polar surface area (TPSA) is 37.3 Å². The number of aliphatic hydroxyl groups is 1. The fraction of sp³-hybridized carbons (Fsp3) is 0.722. The number of fused-ring (bicyclic) bond motifs is 1. The van der Waals surface area contributed by atoms with E-state index in [-0.39, 0.29) is 23.0 Å². The summed E-state index contributed by atoms with van der Waals surface area (Å²) in [4.78, 5) is 12.6. The first kappa shape index (κ1) is 14.1. The van der Waals surface area contributed by atoms with Crippen molar-refractivity contribution in [2.75, 3.05) is 0 Å². The van der Waals surface area contributed by atoms with Crippen LogP contribution in [0.4, 0.5) is 0 Å². The van der Waals surface area contributed by atoms with Crippen LogP contribution in [0, 0.1) is 23.2 Å². The van der Waals surface area contributed by atoms with Crippen molar-refractivity contribution in [3.05, 3.63) is 23.8 Å². The molecule has 110 valence electrons. The Kier molecular flexibility index (Phi) is 3.62. The predicted molar refractivity (Wildman–Crippen MR) is 80.2 cm³/mol. The van der Waals surface area contributed by atoms with E-state index in [2.05, 4.69) is 32.1 Å². The molecule has 20 heavy (non-hydrogen) atoms. The summed E-state index contributed by atoms with van der Waals surface area (Å²) in [5, 5.41) is 10.5. The number of rotatable bonds is 1. The van der Waals surface area contributed by atoms with Gasteiger partial charge in [-0.3, -0.25) is 4.79 Å². The number of carbonyl (C=O) groups excluding carboxylic acids is 1. The zero-order valence-electron chi connectivity index (χ0n) is 12.6. The maximum absolute atomic E-state index is 12.6. The van der Waals surface area contributed by atoms with Gasteiger partial charge in [-0.25, -0.2) is 0 Å². The zero-order valence-corrected chi connectivity index (χ0v) is 12.6. The van der Waals surface area contributed by atoms with E-state index < -0.39 is 6.10 Å². The molecule has 0 aliphatic heterocycles. The van der Waals surface area contributed by atoms with E-state index in [1.165, 1.54) is 18.4 Å². The van der Waals surface area contributed by atoms with E-state index in [9.17, 15) is 9.90 Å². The molecular weight excluding hydrogens is 248 g/mol. The van der Waals surface area contributed by atoms with Gasteiger partial charge in [0.05, 0.1) is 0 Å². The van der Waals surface area contributed by atoms with Crippen LogP contribution < -0.4 is 0 Å². The maximum Gasteiger partial charge on any atom is 0.169 e. The molecule has 1 saturated carbocycles. The van der Waals surface area contributed by atoms with E-state index >= 15 is 0 Å². The Bertz CT molecular complexity index is 462. The normalized spacial score (nSPS) is 45.0. The van der Waals surface area contributed by atoms with E-state index in [1.807, 2.05) is 0 Å². The molecular formula is C18H26O2. The number of allylic oxidation sites excluding steroid dienone is 3. The van der Waals surface area contributed by atoms with Gasteiger partial charge in [0.1, 0.15) is 6.10 Å². The number of hydrogen-bond acceptors (Lipinski definition) is 2. The summed E-state index contributed by atoms with van der Waals surface area (Å²) in [6, 6.07) is 0. The highest BCUT2D eigenvalue weighted by Crippen LogP contribution is 2.53. The van der Waals surface area contributed by atoms with Crippen molar-refractivity contribution < 1.29 is 9.90 Å². The molecule has 3 rings (SSSR count). The number of aliphatic hydroxyl groups excluding tert-OH is 1. The first-order chi connectivity index (χ1) is 9.54. The zero-order chi connectivity index (χ0) is 14.3. The Morgan fingerprint density at radius 2 is 2.15 bits per heavy atom. The molecule has 0 aromatic carbocycles. The van der Waals surface area contributed by atoms with Gasteiger partial charge in [-0.05, 0) is 49.9 Å². The van der Waals surface area contributed by atoms with Crippen molar-refractivity contribution in [1.29, 1.82) is 0 Å². The third kappa shape index (κ3) is 2.09. The summed E-state index contributed by atoms with van der Waals surface area (Å²) in [5.74, 6) is 0.554. The fourth-order valence-electron chi connectivity index (χ4n) is 4.46. The molecule has 3 aliphatic rings. The van der Waals surface area contributed by atoms with Crippen LogP contribution >= 0.6 is 0 Å². The smallest absolute Gasteiger partial charge is 0.169 e. The van der Waals surface area contributed by atoms with Gasteiger partial charge in [0.25, 0.3) is 0 Å². The molecule has 0 radical (unpaired) electrons. The average molecular weight is 274 g/mol. The highest BCUT2D eigenvalue weighted by Gasteiger charge is 2.52. The van der Waals surface area contributed by atoms with Crippen LogP contribution in [0.15, 0.2) is 23.8 Å². The lowest BCUT2D eigenvalue weighted by Gasteiger charge is -2.50. The molecule has 1 fully saturated rings. The van der Waals surface area contributed by atoms with E-state index in [0.29, 0.717) is 5.92 Å². The van der Waals surface area contributed by atoms with Gasteiger partial charge in [-0.1, -0.05) is 37.6 Å². The summed E-state index contributed by atoms with van der Waals surface area (Å²) >= 11 is 0. The molecule has 1 N–H and O–H groups in total. The largest absolute Gasteiger partial charge is 0.385 e. The van der Waals surface area contributed by atoms with Crippen molar-refractivity contribution in [1.82, 2.24) is 0 Å². The Hall–Kier alpha value is -0.890. The molecule has 2 heteroatoms. The van der Waals surface area contributed by atoms with Gasteiger partial charge in [-0.2, -0.15) is 0 Å². The van der Waals surface area contributed by atoms with Crippen LogP contribution in [0.25, 0.3) is 0 Å². The van der Waals surface area contributed by atoms with Gasteiger partial charge in [0.2, 0.25) is 0 Å². The monoisotopic (exact) mass is 274 g/mol. The van der Waals surface area contributed by atoms with E-state index in [4.69, 9.17) is 0 Å². The highest BCUT2D eigenvalue weighted by atomic mass is 16.3. The van der Waals surface area contributed by atoms with Gasteiger partial charge in [0, 0.05) is 11.8 Å². The second kappa shape index (κ2) is 5.14. The first-order valence-electron chi connectivity index (χ1n) is 8.11. The average Bonchev–Trinajstić information content (AvgIpc) is 2.46. The third-order valence-corrected chi connectivity index (χ3v) is 6.10. The van der Waals surface area contributed by atoms with E-state index in [1.54, 1.807) is 0 Å². The van der Waals surface area contributed by atoms with Crippen molar-refractivity contribution in [3.63, 3.8) is 0 Å². The molecule has 0 heterocycles. The number of carbonyl (C=O) groups is 1. The van der Waals surface area contributed by atoms with Crippen LogP contribution in [0.2, 0.25) is 0 Å². The SMILES string of the molecule is CC1CC=CC2C(=O)C(O)C(C3=CCCCC3)CC12C. The van der Waals surface area contributed by atoms with Crippen molar-refractivity contribution >= 4 is 5.78 Å². The molecule has 5 unspecified atom stereocenters. The molecule has 0 aromatic rings. The predicted octanol–water partition coefficient (Wildman–Crippen LogP) is 3.66. The van der Waals surface area contributed by atoms with Gasteiger partial charge in [-0.15, -0.1) is 0 Å². The Labute approximate surface area is 122 Å². The third-order valence-electron chi connectivity index (χ3n) is 6.10. The molecule has 3 aliphatic carbocycles. The second-order valence-corrected chi connectivity index (χ2v) is 7.23. The molecule has 0 spiro atoms. The number of hydrogen-bond donors (Lipinski definition) is 1. The standard InChI is InChI=1S/C18H26O2/c1-12-7-6-10-15-17(20)16(19)14(11-18(12,15)2)13-8-4-3-5-9-13/h6,8,10,12,14-16,19H,3-5,7,9,11H2,1-2H3. The van der Waals surface area contributed by atoms with Crippen molar-refractivity contribution in [3.8, 4) is 0 Å². The highest BCUT2D eigenvalue weighted by molar-refractivity contribution is 5.89. The minimum absolute atomic E-state index is 0.0218. The van der Waals surface area contributed by atoms with Crippen LogP contribution in [-0.4, -0.2) is 17.0 Å². The van der Waals surface area contributed by atoms with Gasteiger partial charge in [0.15, 0.2) is 5.78 Å². The summed E-state index contributed by atoms with van der Waals surface area (Å²) in [6.07, 6.45) is 12.3. The fourth-order valence-corrected chi connectivity index (χ4v) is 4.46. The van der Waals surface area contributed by atoms with E-state index in [0.717, 1.165) is 25.7 Å². The van der Waals surface area contributed by atoms with Crippen LogP contribution in [0.3, 0.4) is 0 Å². The summed E-state index contributed by atoms with van der Waals surface area (Å²) in [6.45, 7) is 4.51. The lowest BCUT2D eigenvalue weighted by molar-refractivity contribution is -0.145. The Morgan fingerprint density at radius 3 is 2.85 bits per heavy atom. The lowest BCUT2D eigenvalue weighted by Crippen LogP contribution is -2.52. The van der Waals surface area contributed by atoms with Gasteiger partial charge >= 0.3 is 0 Å². The molecule has 2 nitrogen and oxygen atoms in total. The number of Topliss-reactive ketones (excluding diaryl/α,β-unsaturated/α-hetero) is 1. The van der Waals surface area contributed by atoms with Crippen molar-refractivity contribution in [2.45, 2.75) is 58.5 Å². The van der Waals surface area contributed by atoms with Crippen LogP contribution in [0.1, 0.15) is 52.4 Å². The lowest BCUT2D eigenvalue weighted by atomic mass is 9.53. The maximum atomic E-state index is 12.6. The van der Waals surface area contributed by atoms with Crippen LogP contribution in [-0.2, 0) is 4.79 Å². The minimum Gasteiger partial charge on any atom is -0.385 e. The molecule has 0 amide bonds. The Morgan fingerprint density at radius 1 is 1.35 bits per heavy atom. The molecule has 0 saturated heterocycles. The minimum atomic E-state index is -0.785. The van der Waals surface area contributed by atoms with Crippen LogP contribution in [0.5, 0.6) is 0 Å². The molecule has 5 atom stereocenters. The van der Waals surface area contributed by atoms with Gasteiger partial charge < -0.3 is 5.11 Å². The number of ketones is 1. The second-order valence-electron chi connectivity index (χ2n) is 7.23. The Balaban J connectivity index is 1.93. The van der Waals surface area contributed by atoms with Crippen molar-refractivity contribution in [2.24, 2.45) is 23.2 Å². The molecule has 0 bridgehead atoms.